The van der Waals surface area contributed by atoms with E-state index in [0.29, 0.717) is 23.8 Å². The molecule has 0 radical (unpaired) electrons. The van der Waals surface area contributed by atoms with Crippen LogP contribution < -0.4 is 0 Å². The average molecular weight is 411 g/mol. The summed E-state index contributed by atoms with van der Waals surface area (Å²) in [5, 5.41) is -0.672. The van der Waals surface area contributed by atoms with Crippen LogP contribution in [0.4, 0.5) is 17.6 Å². The van der Waals surface area contributed by atoms with Gasteiger partial charge < -0.3 is 0 Å². The molecule has 28 heavy (non-hydrogen) atoms. The summed E-state index contributed by atoms with van der Waals surface area (Å²) in [6, 6.07) is 3.18. The quantitative estimate of drug-likeness (QED) is 0.357. The van der Waals surface area contributed by atoms with Crippen molar-refractivity contribution < 1.29 is 17.6 Å². The number of rotatable bonds is 3. The lowest BCUT2D eigenvalue weighted by Crippen LogP contribution is -2.29. The Hall–Kier alpha value is -1.55. The third kappa shape index (κ3) is 3.34. The van der Waals surface area contributed by atoms with Gasteiger partial charge in [0.05, 0.1) is 5.56 Å². The van der Waals surface area contributed by atoms with Gasteiger partial charge in [0.15, 0.2) is 0 Å². The van der Waals surface area contributed by atoms with E-state index >= 15 is 4.39 Å². The van der Waals surface area contributed by atoms with E-state index in [2.05, 4.69) is 6.92 Å². The van der Waals surface area contributed by atoms with Crippen LogP contribution in [-0.2, 0) is 6.42 Å². The molecule has 0 aromatic heterocycles. The Kier molecular flexibility index (Phi) is 5.43. The minimum Gasteiger partial charge on any atom is -0.206 e. The number of fused-ring (bicyclic) bond motifs is 3. The second-order valence-electron chi connectivity index (χ2n) is 8.24. The zero-order valence-corrected chi connectivity index (χ0v) is 16.6. The van der Waals surface area contributed by atoms with Gasteiger partial charge in [0, 0.05) is 0 Å². The van der Waals surface area contributed by atoms with Crippen LogP contribution in [-0.4, -0.2) is 0 Å². The molecule has 0 bridgehead atoms. The molecule has 1 saturated carbocycles. The highest BCUT2D eigenvalue weighted by atomic mass is 35.5. The largest absolute Gasteiger partial charge is 0.206 e. The molecule has 5 heteroatoms. The maximum absolute atomic E-state index is 15.3. The van der Waals surface area contributed by atoms with E-state index in [1.807, 2.05) is 0 Å². The molecule has 0 N–H and O–H groups in total. The van der Waals surface area contributed by atoms with Crippen LogP contribution in [0, 0.1) is 35.1 Å². The molecule has 0 aliphatic heterocycles. The van der Waals surface area contributed by atoms with Crippen LogP contribution in [0.3, 0.4) is 0 Å². The molecule has 3 unspecified atom stereocenters. The predicted molar refractivity (Wildman–Crippen MR) is 104 cm³/mol. The van der Waals surface area contributed by atoms with E-state index in [9.17, 15) is 13.2 Å². The molecule has 3 atom stereocenters. The Labute approximate surface area is 167 Å². The molecule has 2 aromatic carbocycles. The molecule has 2 aromatic rings. The number of hydrogen-bond donors (Lipinski definition) is 0. The van der Waals surface area contributed by atoms with Gasteiger partial charge in [-0.2, -0.15) is 0 Å². The normalized spacial score (nSPS) is 24.0. The fraction of sp³-hybridized carbons (Fsp3) is 0.478. The monoisotopic (exact) mass is 410 g/mol. The molecular weight excluding hydrogens is 388 g/mol. The minimum atomic E-state index is -1.03. The molecule has 150 valence electrons. The summed E-state index contributed by atoms with van der Waals surface area (Å²) < 4.78 is 57.9. The highest BCUT2D eigenvalue weighted by Crippen LogP contribution is 2.49. The molecule has 0 heterocycles. The Morgan fingerprint density at radius 2 is 1.68 bits per heavy atom. The molecule has 0 saturated heterocycles. The van der Waals surface area contributed by atoms with Gasteiger partial charge >= 0.3 is 0 Å². The summed E-state index contributed by atoms with van der Waals surface area (Å²) in [4.78, 5) is 0. The fourth-order valence-electron chi connectivity index (χ4n) is 5.32. The maximum Gasteiger partial charge on any atom is 0.145 e. The molecule has 4 rings (SSSR count). The van der Waals surface area contributed by atoms with Crippen molar-refractivity contribution in [3.8, 4) is 11.1 Å². The summed E-state index contributed by atoms with van der Waals surface area (Å²) in [6.45, 7) is 2.19. The van der Waals surface area contributed by atoms with Crippen molar-refractivity contribution in [2.45, 2.75) is 57.8 Å². The molecule has 2 aliphatic rings. The van der Waals surface area contributed by atoms with E-state index in [1.54, 1.807) is 0 Å². The lowest BCUT2D eigenvalue weighted by atomic mass is 9.64. The minimum absolute atomic E-state index is 0.161. The van der Waals surface area contributed by atoms with E-state index < -0.39 is 28.3 Å². The number of benzene rings is 2. The van der Waals surface area contributed by atoms with Gasteiger partial charge in [-0.25, -0.2) is 17.6 Å². The van der Waals surface area contributed by atoms with Crippen LogP contribution >= 0.6 is 11.6 Å². The summed E-state index contributed by atoms with van der Waals surface area (Å²) in [5.41, 5.74) is 0.722. The summed E-state index contributed by atoms with van der Waals surface area (Å²) in [7, 11) is 0. The summed E-state index contributed by atoms with van der Waals surface area (Å²) >= 11 is 5.51. The van der Waals surface area contributed by atoms with Crippen LogP contribution in [0.1, 0.15) is 62.5 Å². The predicted octanol–water partition coefficient (Wildman–Crippen LogP) is 7.81. The molecule has 1 fully saturated rings. The van der Waals surface area contributed by atoms with Gasteiger partial charge in [0.2, 0.25) is 0 Å². The van der Waals surface area contributed by atoms with Crippen molar-refractivity contribution in [2.75, 3.05) is 0 Å². The second kappa shape index (κ2) is 7.70. The first-order valence-electron chi connectivity index (χ1n) is 10.1. The molecule has 0 nitrogen and oxygen atoms in total. The third-order valence-corrected chi connectivity index (χ3v) is 6.94. The number of hydrogen-bond acceptors (Lipinski definition) is 0. The summed E-state index contributed by atoms with van der Waals surface area (Å²) in [6.07, 6.45) is 6.95. The highest BCUT2D eigenvalue weighted by molar-refractivity contribution is 6.31. The summed E-state index contributed by atoms with van der Waals surface area (Å²) in [5.74, 6) is -2.16. The molecule has 0 amide bonds. The van der Waals surface area contributed by atoms with E-state index in [0.717, 1.165) is 43.4 Å². The van der Waals surface area contributed by atoms with Gasteiger partial charge in [0.25, 0.3) is 0 Å². The first-order valence-corrected chi connectivity index (χ1v) is 10.4. The zero-order valence-electron chi connectivity index (χ0n) is 15.8. The van der Waals surface area contributed by atoms with Gasteiger partial charge in [-0.1, -0.05) is 31.4 Å². The van der Waals surface area contributed by atoms with Crippen LogP contribution in [0.25, 0.3) is 11.1 Å². The Morgan fingerprint density at radius 1 is 0.964 bits per heavy atom. The first-order chi connectivity index (χ1) is 13.4. The topological polar surface area (TPSA) is 0 Å². The standard InChI is InChI=1S/C23H23ClF4/c1-2-3-12-4-6-15-13(8-12)5-7-16-17(15)11-18(25)21(23(16)28)14-9-19(26)22(24)20(27)10-14/h9-13,15H,2-8H2,1H3. The highest BCUT2D eigenvalue weighted by Gasteiger charge is 2.37. The molecule has 0 spiro atoms. The third-order valence-electron chi connectivity index (χ3n) is 6.58. The van der Waals surface area contributed by atoms with E-state index in [1.165, 1.54) is 18.9 Å². The Balaban J connectivity index is 1.74. The fourth-order valence-corrected chi connectivity index (χ4v) is 5.43. The second-order valence-corrected chi connectivity index (χ2v) is 8.62. The average Bonchev–Trinajstić information content (AvgIpc) is 2.66. The Morgan fingerprint density at radius 3 is 2.36 bits per heavy atom. The van der Waals surface area contributed by atoms with Crippen LogP contribution in [0.2, 0.25) is 5.02 Å². The smallest absolute Gasteiger partial charge is 0.145 e. The van der Waals surface area contributed by atoms with Gasteiger partial charge in [-0.3, -0.25) is 0 Å². The van der Waals surface area contributed by atoms with Crippen molar-refractivity contribution in [1.82, 2.24) is 0 Å². The number of halogens is 5. The molecular formula is C23H23ClF4. The van der Waals surface area contributed by atoms with Crippen molar-refractivity contribution >= 4 is 11.6 Å². The van der Waals surface area contributed by atoms with Crippen molar-refractivity contribution in [1.29, 1.82) is 0 Å². The van der Waals surface area contributed by atoms with E-state index in [-0.39, 0.29) is 17.0 Å². The van der Waals surface area contributed by atoms with E-state index in [4.69, 9.17) is 11.6 Å². The lowest BCUT2D eigenvalue weighted by molar-refractivity contribution is 0.199. The van der Waals surface area contributed by atoms with Gasteiger partial charge in [0.1, 0.15) is 28.3 Å². The Bertz CT molecular complexity index is 885. The zero-order chi connectivity index (χ0) is 20.0. The van der Waals surface area contributed by atoms with Crippen molar-refractivity contribution in [3.63, 3.8) is 0 Å². The van der Waals surface area contributed by atoms with Gasteiger partial charge in [-0.05, 0) is 84.7 Å². The lowest BCUT2D eigenvalue weighted by Gasteiger charge is -2.41. The van der Waals surface area contributed by atoms with Gasteiger partial charge in [-0.15, -0.1) is 0 Å². The SMILES string of the molecule is CCCC1CCC2c3cc(F)c(-c4cc(F)c(Cl)c(F)c4)c(F)c3CCC2C1. The van der Waals surface area contributed by atoms with Crippen LogP contribution in [0.15, 0.2) is 18.2 Å². The van der Waals surface area contributed by atoms with Crippen molar-refractivity contribution in [2.24, 2.45) is 11.8 Å². The van der Waals surface area contributed by atoms with Crippen LogP contribution in [0.5, 0.6) is 0 Å². The van der Waals surface area contributed by atoms with Crippen molar-refractivity contribution in [3.05, 3.63) is 57.6 Å². The molecule has 2 aliphatic carbocycles. The maximum atomic E-state index is 15.3. The first kappa shape index (κ1) is 19.8.